The summed E-state index contributed by atoms with van der Waals surface area (Å²) >= 11 is 0. The zero-order chi connectivity index (χ0) is 27.6. The standard InChI is InChI=1S/C40H30N2/c1-3-7-27(8-4-1)19-21-41-23-29-11-15-33-35-17-13-31-25-42(22-20-28-9-5-2-6-10-28)26-32-14-18-36(40(35)38(31)32)34-16-12-30(24-41)37(29)39(33)34/h1-18,23-26H,19-22H2. The van der Waals surface area contributed by atoms with Gasteiger partial charge in [-0.25, -0.2) is 0 Å². The number of hydrogen-bond donors (Lipinski definition) is 0. The zero-order valence-electron chi connectivity index (χ0n) is 23.4. The molecule has 0 amide bonds. The molecule has 0 fully saturated rings. The first kappa shape index (κ1) is 23.6. The molecule has 2 nitrogen and oxygen atoms in total. The Labute approximate surface area is 244 Å². The minimum absolute atomic E-state index is 0.970. The number of nitrogens with zero attached hydrogens (tertiary/aromatic N) is 2. The smallest absolute Gasteiger partial charge is 0.0260 e. The molecule has 0 bridgehead atoms. The highest BCUT2D eigenvalue weighted by Gasteiger charge is 2.18. The van der Waals surface area contributed by atoms with Crippen LogP contribution in [0.1, 0.15) is 11.1 Å². The molecule has 42 heavy (non-hydrogen) atoms. The van der Waals surface area contributed by atoms with E-state index in [-0.39, 0.29) is 0 Å². The normalized spacial score (nSPS) is 13.8. The third kappa shape index (κ3) is 3.65. The van der Waals surface area contributed by atoms with Crippen molar-refractivity contribution >= 4 is 67.9 Å². The second-order valence-electron chi connectivity index (χ2n) is 11.8. The molecule has 7 aromatic rings. The summed E-state index contributed by atoms with van der Waals surface area (Å²) in [5.41, 5.74) is 2.75. The van der Waals surface area contributed by atoms with Gasteiger partial charge in [0.1, 0.15) is 0 Å². The van der Waals surface area contributed by atoms with E-state index in [1.807, 2.05) is 0 Å². The van der Waals surface area contributed by atoms with Crippen molar-refractivity contribution in [3.63, 3.8) is 0 Å². The van der Waals surface area contributed by atoms with Gasteiger partial charge in [-0.05, 0) is 77.2 Å². The highest BCUT2D eigenvalue weighted by Crippen LogP contribution is 2.37. The minimum atomic E-state index is 0.970. The van der Waals surface area contributed by atoms with Crippen molar-refractivity contribution < 1.29 is 0 Å². The van der Waals surface area contributed by atoms with Gasteiger partial charge in [0.25, 0.3) is 0 Å². The fourth-order valence-electron chi connectivity index (χ4n) is 7.28. The first-order valence-electron chi connectivity index (χ1n) is 15.0. The molecule has 0 aromatic heterocycles. The highest BCUT2D eigenvalue weighted by atomic mass is 15.1. The predicted molar refractivity (Wildman–Crippen MR) is 178 cm³/mol. The van der Waals surface area contributed by atoms with Crippen molar-refractivity contribution in [3.8, 4) is 0 Å². The number of hydrogen-bond acceptors (Lipinski definition) is 2. The summed E-state index contributed by atoms with van der Waals surface area (Å²) in [5, 5.41) is 16.2. The Morgan fingerprint density at radius 1 is 0.333 bits per heavy atom. The van der Waals surface area contributed by atoms with Gasteiger partial charge in [0.15, 0.2) is 0 Å². The van der Waals surface area contributed by atoms with Crippen LogP contribution in [-0.4, -0.2) is 22.9 Å². The van der Waals surface area contributed by atoms with Crippen LogP contribution in [0, 0.1) is 0 Å². The molecule has 0 aliphatic carbocycles. The Hall–Kier alpha value is -5.08. The SMILES string of the molecule is C1=c2ccc3c4ccc5c6c(ccc(c7ccc(c2c37)=CN1CCc1ccccc1)c64)=CN(CCc1ccccc1)C=5. The lowest BCUT2D eigenvalue weighted by Crippen LogP contribution is -2.29. The Morgan fingerprint density at radius 3 is 1.00 bits per heavy atom. The summed E-state index contributed by atoms with van der Waals surface area (Å²) in [6, 6.07) is 40.3. The molecule has 0 saturated heterocycles. The van der Waals surface area contributed by atoms with Crippen LogP contribution in [0.25, 0.3) is 67.9 Å². The van der Waals surface area contributed by atoms with E-state index in [2.05, 4.69) is 144 Å². The summed E-state index contributed by atoms with van der Waals surface area (Å²) in [7, 11) is 0. The van der Waals surface area contributed by atoms with Gasteiger partial charge in [0.2, 0.25) is 0 Å². The third-order valence-corrected chi connectivity index (χ3v) is 9.25. The maximum absolute atomic E-state index is 2.36. The summed E-state index contributed by atoms with van der Waals surface area (Å²) in [5.74, 6) is 0. The van der Waals surface area contributed by atoms with Gasteiger partial charge in [-0.2, -0.15) is 0 Å². The molecule has 200 valence electrons. The van der Waals surface area contributed by atoms with Gasteiger partial charge < -0.3 is 9.80 Å². The van der Waals surface area contributed by atoms with Crippen molar-refractivity contribution in [2.24, 2.45) is 0 Å². The average Bonchev–Trinajstić information content (AvgIpc) is 3.05. The van der Waals surface area contributed by atoms with E-state index in [1.165, 1.54) is 75.1 Å². The summed E-state index contributed by atoms with van der Waals surface area (Å²) in [4.78, 5) is 4.73. The Balaban J connectivity index is 1.18. The average molecular weight is 539 g/mol. The van der Waals surface area contributed by atoms with Crippen LogP contribution in [0.4, 0.5) is 0 Å². The molecule has 0 N–H and O–H groups in total. The van der Waals surface area contributed by atoms with Gasteiger partial charge in [0.05, 0.1) is 0 Å². The largest absolute Gasteiger partial charge is 0.353 e. The first-order chi connectivity index (χ1) is 20.8. The number of rotatable bonds is 6. The molecule has 0 radical (unpaired) electrons. The number of fused-ring (bicyclic) bond motifs is 2. The fourth-order valence-corrected chi connectivity index (χ4v) is 7.28. The van der Waals surface area contributed by atoms with Crippen molar-refractivity contribution in [2.75, 3.05) is 13.1 Å². The van der Waals surface area contributed by atoms with Gasteiger partial charge in [0, 0.05) is 48.7 Å². The molecule has 2 aliphatic heterocycles. The molecule has 0 atom stereocenters. The minimum Gasteiger partial charge on any atom is -0.353 e. The molecule has 0 spiro atoms. The zero-order valence-corrected chi connectivity index (χ0v) is 23.4. The molecule has 7 aromatic carbocycles. The van der Waals surface area contributed by atoms with Gasteiger partial charge >= 0.3 is 0 Å². The lowest BCUT2D eigenvalue weighted by molar-refractivity contribution is 0.589. The van der Waals surface area contributed by atoms with Crippen LogP contribution in [0.3, 0.4) is 0 Å². The van der Waals surface area contributed by atoms with Crippen LogP contribution in [0.5, 0.6) is 0 Å². The van der Waals surface area contributed by atoms with Crippen molar-refractivity contribution in [1.82, 2.24) is 9.80 Å². The maximum atomic E-state index is 2.36. The molecule has 2 aliphatic rings. The van der Waals surface area contributed by atoms with Crippen molar-refractivity contribution in [3.05, 3.63) is 141 Å². The first-order valence-corrected chi connectivity index (χ1v) is 15.0. The summed E-state index contributed by atoms with van der Waals surface area (Å²) < 4.78 is 0. The molecule has 2 heterocycles. The van der Waals surface area contributed by atoms with Gasteiger partial charge in [-0.1, -0.05) is 109 Å². The third-order valence-electron chi connectivity index (χ3n) is 9.25. The van der Waals surface area contributed by atoms with E-state index < -0.39 is 0 Å². The van der Waals surface area contributed by atoms with Crippen LogP contribution >= 0.6 is 0 Å². The monoisotopic (exact) mass is 538 g/mol. The van der Waals surface area contributed by atoms with Gasteiger partial charge in [-0.15, -0.1) is 0 Å². The van der Waals surface area contributed by atoms with E-state index in [0.29, 0.717) is 0 Å². The summed E-state index contributed by atoms with van der Waals surface area (Å²) in [6.45, 7) is 1.94. The highest BCUT2D eigenvalue weighted by molar-refractivity contribution is 6.33. The van der Waals surface area contributed by atoms with E-state index in [9.17, 15) is 0 Å². The molecule has 0 saturated carbocycles. The molecule has 9 rings (SSSR count). The van der Waals surface area contributed by atoms with Crippen LogP contribution in [0.15, 0.2) is 109 Å². The Morgan fingerprint density at radius 2 is 0.667 bits per heavy atom. The fraction of sp³-hybridized carbons (Fsp3) is 0.100. The molecular weight excluding hydrogens is 508 g/mol. The van der Waals surface area contributed by atoms with Crippen molar-refractivity contribution in [2.45, 2.75) is 12.8 Å². The van der Waals surface area contributed by atoms with Crippen LogP contribution < -0.4 is 20.9 Å². The Kier molecular flexibility index (Phi) is 5.18. The molecule has 2 heteroatoms. The van der Waals surface area contributed by atoms with Gasteiger partial charge in [-0.3, -0.25) is 0 Å². The second kappa shape index (κ2) is 9.22. The molecule has 0 unspecified atom stereocenters. The maximum Gasteiger partial charge on any atom is 0.0260 e. The van der Waals surface area contributed by atoms with Crippen molar-refractivity contribution in [1.29, 1.82) is 0 Å². The Bertz CT molecular complexity index is 2110. The van der Waals surface area contributed by atoms with E-state index in [1.54, 1.807) is 0 Å². The number of benzene rings is 7. The van der Waals surface area contributed by atoms with E-state index in [4.69, 9.17) is 0 Å². The summed E-state index contributed by atoms with van der Waals surface area (Å²) in [6.07, 6.45) is 11.4. The lowest BCUT2D eigenvalue weighted by Gasteiger charge is -2.23. The van der Waals surface area contributed by atoms with E-state index in [0.717, 1.165) is 25.9 Å². The second-order valence-corrected chi connectivity index (χ2v) is 11.8. The topological polar surface area (TPSA) is 6.48 Å². The van der Waals surface area contributed by atoms with Crippen LogP contribution in [0.2, 0.25) is 0 Å². The predicted octanol–water partition coefficient (Wildman–Crippen LogP) is 5.81. The lowest BCUT2D eigenvalue weighted by atomic mass is 9.87. The van der Waals surface area contributed by atoms with Crippen LogP contribution in [-0.2, 0) is 12.8 Å². The quantitative estimate of drug-likeness (QED) is 0.195. The molecular formula is C40H30N2. The van der Waals surface area contributed by atoms with E-state index >= 15 is 0 Å².